The average Bonchev–Trinajstić information content (AvgIpc) is 1.93. The topological polar surface area (TPSA) is 15.9 Å². The van der Waals surface area contributed by atoms with Crippen LogP contribution in [0, 0.1) is 6.92 Å². The van der Waals surface area contributed by atoms with Crippen molar-refractivity contribution in [2.45, 2.75) is 26.8 Å². The molecule has 11 heavy (non-hydrogen) atoms. The molecule has 1 aromatic rings. The summed E-state index contributed by atoms with van der Waals surface area (Å²) in [6.45, 7) is 6.33. The third kappa shape index (κ3) is 2.22. The van der Waals surface area contributed by atoms with Crippen LogP contribution in [0.5, 0.6) is 0 Å². The second kappa shape index (κ2) is 3.37. The van der Waals surface area contributed by atoms with Crippen LogP contribution >= 0.6 is 0 Å². The Hall–Kier alpha value is -1.05. The van der Waals surface area contributed by atoms with Crippen LogP contribution < -0.4 is 10.1 Å². The Bertz CT molecular complexity index is 231. The van der Waals surface area contributed by atoms with E-state index >= 15 is 0 Å². The molecule has 1 aromatic heterocycles. The number of pyridine rings is 1. The third-order valence-corrected chi connectivity index (χ3v) is 1.46. The number of hydrogen-bond acceptors (Lipinski definition) is 1. The van der Waals surface area contributed by atoms with E-state index in [9.17, 15) is 0 Å². The van der Waals surface area contributed by atoms with Crippen LogP contribution in [0.3, 0.4) is 0 Å². The number of aromatic nitrogens is 1. The first-order valence-corrected chi connectivity index (χ1v) is 3.94. The summed E-state index contributed by atoms with van der Waals surface area (Å²) in [4.78, 5) is 0. The molecule has 0 fully saturated rings. The maximum absolute atomic E-state index is 3.29. The van der Waals surface area contributed by atoms with E-state index in [1.165, 1.54) is 5.69 Å². The summed E-state index contributed by atoms with van der Waals surface area (Å²) >= 11 is 0. The van der Waals surface area contributed by atoms with Crippen molar-refractivity contribution >= 4 is 0 Å². The van der Waals surface area contributed by atoms with E-state index in [0.29, 0.717) is 6.04 Å². The SMILES string of the molecule is Cc1cccc[n+]1NC(C)C. The molecule has 0 aliphatic heterocycles. The Morgan fingerprint density at radius 2 is 2.09 bits per heavy atom. The molecule has 0 amide bonds. The highest BCUT2D eigenvalue weighted by Gasteiger charge is 2.03. The fraction of sp³-hybridized carbons (Fsp3) is 0.444. The van der Waals surface area contributed by atoms with E-state index < -0.39 is 0 Å². The molecule has 0 radical (unpaired) electrons. The highest BCUT2D eigenvalue weighted by Crippen LogP contribution is 1.86. The van der Waals surface area contributed by atoms with Crippen LogP contribution in [-0.4, -0.2) is 6.04 Å². The monoisotopic (exact) mass is 151 g/mol. The lowest BCUT2D eigenvalue weighted by Crippen LogP contribution is -2.50. The average molecular weight is 151 g/mol. The Kier molecular flexibility index (Phi) is 2.47. The summed E-state index contributed by atoms with van der Waals surface area (Å²) in [6, 6.07) is 6.60. The molecule has 2 heteroatoms. The normalized spacial score (nSPS) is 10.2. The first-order valence-electron chi connectivity index (χ1n) is 3.94. The van der Waals surface area contributed by atoms with E-state index in [2.05, 4.69) is 32.3 Å². The van der Waals surface area contributed by atoms with Crippen molar-refractivity contribution in [1.82, 2.24) is 0 Å². The highest BCUT2D eigenvalue weighted by molar-refractivity contribution is 4.94. The molecule has 0 aromatic carbocycles. The summed E-state index contributed by atoms with van der Waals surface area (Å²) in [5, 5.41) is 0. The van der Waals surface area contributed by atoms with E-state index in [0.717, 1.165) is 0 Å². The van der Waals surface area contributed by atoms with Crippen LogP contribution in [0.1, 0.15) is 19.5 Å². The fourth-order valence-corrected chi connectivity index (χ4v) is 0.951. The first kappa shape index (κ1) is 8.05. The highest BCUT2D eigenvalue weighted by atomic mass is 15.4. The van der Waals surface area contributed by atoms with Crippen molar-refractivity contribution in [3.63, 3.8) is 0 Å². The predicted octanol–water partition coefficient (Wildman–Crippen LogP) is 1.23. The lowest BCUT2D eigenvalue weighted by Gasteiger charge is -2.04. The maximum atomic E-state index is 3.29. The Morgan fingerprint density at radius 3 is 2.64 bits per heavy atom. The van der Waals surface area contributed by atoms with E-state index in [1.807, 2.05) is 23.0 Å². The van der Waals surface area contributed by atoms with Gasteiger partial charge in [-0.15, -0.1) is 0 Å². The Balaban J connectivity index is 2.78. The summed E-state index contributed by atoms with van der Waals surface area (Å²) in [7, 11) is 0. The zero-order chi connectivity index (χ0) is 8.27. The number of rotatable bonds is 2. The van der Waals surface area contributed by atoms with Crippen molar-refractivity contribution in [2.75, 3.05) is 5.43 Å². The molecule has 60 valence electrons. The van der Waals surface area contributed by atoms with E-state index in [4.69, 9.17) is 0 Å². The van der Waals surface area contributed by atoms with Crippen LogP contribution in [0.15, 0.2) is 24.4 Å². The fourth-order valence-electron chi connectivity index (χ4n) is 0.951. The maximum Gasteiger partial charge on any atom is 0.208 e. The molecule has 0 saturated heterocycles. The van der Waals surface area contributed by atoms with Gasteiger partial charge in [0.05, 0.1) is 6.04 Å². The molecule has 0 bridgehead atoms. The van der Waals surface area contributed by atoms with Crippen molar-refractivity contribution in [2.24, 2.45) is 0 Å². The molecule has 0 aliphatic rings. The van der Waals surface area contributed by atoms with Crippen molar-refractivity contribution in [3.05, 3.63) is 30.1 Å². The van der Waals surface area contributed by atoms with E-state index in [1.54, 1.807) is 0 Å². The summed E-state index contributed by atoms with van der Waals surface area (Å²) in [5.41, 5.74) is 4.51. The molecule has 1 N–H and O–H groups in total. The van der Waals surface area contributed by atoms with Gasteiger partial charge in [0.15, 0.2) is 6.20 Å². The van der Waals surface area contributed by atoms with Crippen LogP contribution in [0.4, 0.5) is 0 Å². The molecule has 0 spiro atoms. The molecule has 0 saturated carbocycles. The van der Waals surface area contributed by atoms with Crippen molar-refractivity contribution in [3.8, 4) is 0 Å². The van der Waals surface area contributed by atoms with Gasteiger partial charge in [0.25, 0.3) is 0 Å². The molecule has 2 nitrogen and oxygen atoms in total. The Morgan fingerprint density at radius 1 is 1.36 bits per heavy atom. The molecular weight excluding hydrogens is 136 g/mol. The van der Waals surface area contributed by atoms with E-state index in [-0.39, 0.29) is 0 Å². The number of hydrogen-bond donors (Lipinski definition) is 1. The zero-order valence-corrected chi connectivity index (χ0v) is 7.33. The predicted molar refractivity (Wildman–Crippen MR) is 45.9 cm³/mol. The van der Waals surface area contributed by atoms with Crippen LogP contribution in [-0.2, 0) is 0 Å². The standard InChI is InChI=1S/C9H15N2/c1-8(2)10-11-7-5-4-6-9(11)3/h4-8,10H,1-3H3/q+1. The zero-order valence-electron chi connectivity index (χ0n) is 7.33. The number of nitrogens with one attached hydrogen (secondary N) is 1. The van der Waals surface area contributed by atoms with Crippen LogP contribution in [0.2, 0.25) is 0 Å². The summed E-state index contributed by atoms with van der Waals surface area (Å²) in [5.74, 6) is 0. The molecule has 0 atom stereocenters. The van der Waals surface area contributed by atoms with Gasteiger partial charge in [-0.05, 0) is 19.9 Å². The van der Waals surface area contributed by atoms with Crippen molar-refractivity contribution in [1.29, 1.82) is 0 Å². The second-order valence-electron chi connectivity index (χ2n) is 3.00. The van der Waals surface area contributed by atoms with Gasteiger partial charge >= 0.3 is 0 Å². The smallest absolute Gasteiger partial charge is 0.190 e. The van der Waals surface area contributed by atoms with Gasteiger partial charge in [-0.25, -0.2) is 0 Å². The quantitative estimate of drug-likeness (QED) is 0.629. The Labute approximate surface area is 67.8 Å². The van der Waals surface area contributed by atoms with Crippen molar-refractivity contribution < 1.29 is 4.68 Å². The molecule has 1 heterocycles. The molecule has 0 aliphatic carbocycles. The molecule has 0 unspecified atom stereocenters. The largest absolute Gasteiger partial charge is 0.208 e. The van der Waals surface area contributed by atoms with Gasteiger partial charge in [-0.1, -0.05) is 4.68 Å². The summed E-state index contributed by atoms with van der Waals surface area (Å²) < 4.78 is 2.03. The lowest BCUT2D eigenvalue weighted by molar-refractivity contribution is -0.659. The van der Waals surface area contributed by atoms with Crippen LogP contribution in [0.25, 0.3) is 0 Å². The van der Waals surface area contributed by atoms with Gasteiger partial charge in [0.2, 0.25) is 5.69 Å². The minimum atomic E-state index is 0.473. The number of aryl methyl sites for hydroxylation is 1. The van der Waals surface area contributed by atoms with Gasteiger partial charge in [0, 0.05) is 19.1 Å². The lowest BCUT2D eigenvalue weighted by atomic mass is 10.4. The summed E-state index contributed by atoms with van der Waals surface area (Å²) in [6.07, 6.45) is 2.02. The van der Waals surface area contributed by atoms with Gasteiger partial charge in [-0.3, -0.25) is 0 Å². The van der Waals surface area contributed by atoms with Gasteiger partial charge in [0.1, 0.15) is 0 Å². The minimum absolute atomic E-state index is 0.473. The molecule has 1 rings (SSSR count). The van der Waals surface area contributed by atoms with Gasteiger partial charge in [-0.2, -0.15) is 5.43 Å². The second-order valence-corrected chi connectivity index (χ2v) is 3.00. The minimum Gasteiger partial charge on any atom is -0.190 e. The first-order chi connectivity index (χ1) is 5.20. The molecular formula is C9H15N2+. The van der Waals surface area contributed by atoms with Gasteiger partial charge < -0.3 is 0 Å². The third-order valence-electron chi connectivity index (χ3n) is 1.46. The number of nitrogens with zero attached hydrogens (tertiary/aromatic N) is 1.